The van der Waals surface area contributed by atoms with E-state index < -0.39 is 35.5 Å². The van der Waals surface area contributed by atoms with Crippen molar-refractivity contribution in [3.05, 3.63) is 81.3 Å². The molecule has 180 valence electrons. The summed E-state index contributed by atoms with van der Waals surface area (Å²) in [7, 11) is 1.72. The molecule has 1 aliphatic carbocycles. The first-order valence-electron chi connectivity index (χ1n) is 11.6. The van der Waals surface area contributed by atoms with Crippen molar-refractivity contribution in [2.24, 2.45) is 7.05 Å². The fraction of sp³-hybridized carbons (Fsp3) is 0.308. The first kappa shape index (κ1) is 22.6. The van der Waals surface area contributed by atoms with Crippen LogP contribution < -0.4 is 16.2 Å². The first-order chi connectivity index (χ1) is 16.7. The van der Waals surface area contributed by atoms with Crippen molar-refractivity contribution in [2.75, 3.05) is 11.9 Å². The van der Waals surface area contributed by atoms with E-state index in [1.807, 2.05) is 36.4 Å². The van der Waals surface area contributed by atoms with Gasteiger partial charge in [-0.15, -0.1) is 0 Å². The van der Waals surface area contributed by atoms with Gasteiger partial charge in [0.25, 0.3) is 11.5 Å². The molecule has 0 spiro atoms. The predicted octanol–water partition coefficient (Wildman–Crippen LogP) is 2.38. The number of nitrogens with zero attached hydrogens (tertiary/aromatic N) is 3. The van der Waals surface area contributed by atoms with E-state index in [0.29, 0.717) is 16.9 Å². The molecule has 35 heavy (non-hydrogen) atoms. The number of imide groups is 1. The van der Waals surface area contributed by atoms with Crippen LogP contribution >= 0.6 is 0 Å². The zero-order valence-electron chi connectivity index (χ0n) is 19.9. The molecule has 9 heteroatoms. The number of hydrogen-bond donors (Lipinski definition) is 2. The number of anilines is 1. The highest BCUT2D eigenvalue weighted by atomic mass is 16.2. The van der Waals surface area contributed by atoms with Gasteiger partial charge in [-0.2, -0.15) is 0 Å². The number of carbonyl (C=O) groups excluding carboxylic acids is 3. The number of aryl methyl sites for hydroxylation is 2. The average Bonchev–Trinajstić information content (AvgIpc) is 3.46. The topological polar surface area (TPSA) is 105 Å². The third kappa shape index (κ3) is 3.63. The summed E-state index contributed by atoms with van der Waals surface area (Å²) >= 11 is 0. The quantitative estimate of drug-likeness (QED) is 0.555. The van der Waals surface area contributed by atoms with Gasteiger partial charge in [0.05, 0.1) is 11.4 Å². The molecule has 2 aliphatic rings. The molecule has 1 aliphatic heterocycles. The van der Waals surface area contributed by atoms with Crippen molar-refractivity contribution in [3.63, 3.8) is 0 Å². The van der Waals surface area contributed by atoms with E-state index in [1.165, 1.54) is 15.8 Å². The molecule has 0 radical (unpaired) electrons. The van der Waals surface area contributed by atoms with Crippen molar-refractivity contribution in [1.29, 1.82) is 0 Å². The Morgan fingerprint density at radius 2 is 1.77 bits per heavy atom. The van der Waals surface area contributed by atoms with Gasteiger partial charge in [-0.05, 0) is 61.9 Å². The number of amides is 4. The van der Waals surface area contributed by atoms with E-state index in [1.54, 1.807) is 37.7 Å². The highest BCUT2D eigenvalue weighted by molar-refractivity contribution is 6.10. The van der Waals surface area contributed by atoms with E-state index in [2.05, 4.69) is 10.6 Å². The SMILES string of the molecule is Cc1c(NC(=O)CN2C(=O)N[C@@](C)(c3ccc4c(c3)CCC4)C2=O)c(=O)n(-c2ccccc2)n1C. The molecule has 5 rings (SSSR count). The lowest BCUT2D eigenvalue weighted by atomic mass is 9.89. The number of carbonyl (C=O) groups is 3. The Labute approximate surface area is 202 Å². The fourth-order valence-corrected chi connectivity index (χ4v) is 4.95. The van der Waals surface area contributed by atoms with E-state index >= 15 is 0 Å². The van der Waals surface area contributed by atoms with Crippen LogP contribution in [-0.4, -0.2) is 38.7 Å². The number of para-hydroxylation sites is 1. The van der Waals surface area contributed by atoms with Crippen LogP contribution in [0, 0.1) is 6.92 Å². The summed E-state index contributed by atoms with van der Waals surface area (Å²) in [6.07, 6.45) is 3.04. The molecular weight excluding hydrogens is 446 g/mol. The van der Waals surface area contributed by atoms with E-state index in [0.717, 1.165) is 24.2 Å². The standard InChI is InChI=1S/C26H27N5O4/c1-16-22(23(33)31(29(16)3)20-10-5-4-6-11-20)27-21(32)15-30-24(34)26(2,28-25(30)35)19-13-12-17-8-7-9-18(17)14-19/h4-6,10-14H,7-9,15H2,1-3H3,(H,27,32)(H,28,35)/t26-/m0/s1. The van der Waals surface area contributed by atoms with E-state index in [-0.39, 0.29) is 5.69 Å². The minimum atomic E-state index is -1.25. The van der Waals surface area contributed by atoms with Gasteiger partial charge in [-0.25, -0.2) is 9.48 Å². The second kappa shape index (κ2) is 8.26. The van der Waals surface area contributed by atoms with Gasteiger partial charge in [0.15, 0.2) is 0 Å². The summed E-state index contributed by atoms with van der Waals surface area (Å²) in [5.74, 6) is -1.13. The zero-order valence-corrected chi connectivity index (χ0v) is 19.9. The first-order valence-corrected chi connectivity index (χ1v) is 11.6. The van der Waals surface area contributed by atoms with Gasteiger partial charge < -0.3 is 10.6 Å². The molecule has 9 nitrogen and oxygen atoms in total. The summed E-state index contributed by atoms with van der Waals surface area (Å²) in [6.45, 7) is 2.88. The van der Waals surface area contributed by atoms with E-state index in [9.17, 15) is 19.2 Å². The van der Waals surface area contributed by atoms with Gasteiger partial charge in [0.2, 0.25) is 5.91 Å². The van der Waals surface area contributed by atoms with Crippen LogP contribution in [0.5, 0.6) is 0 Å². The lowest BCUT2D eigenvalue weighted by Gasteiger charge is -2.23. The van der Waals surface area contributed by atoms with Crippen LogP contribution in [0.4, 0.5) is 10.5 Å². The maximum absolute atomic E-state index is 13.3. The van der Waals surface area contributed by atoms with Crippen molar-refractivity contribution < 1.29 is 14.4 Å². The summed E-state index contributed by atoms with van der Waals surface area (Å²) < 4.78 is 3.09. The maximum atomic E-state index is 13.3. The lowest BCUT2D eigenvalue weighted by Crippen LogP contribution is -2.42. The van der Waals surface area contributed by atoms with Gasteiger partial charge in [0.1, 0.15) is 17.8 Å². The summed E-state index contributed by atoms with van der Waals surface area (Å²) in [5.41, 5.74) is 2.82. The van der Waals surface area contributed by atoms with Gasteiger partial charge in [-0.3, -0.25) is 24.0 Å². The molecule has 2 heterocycles. The molecule has 1 aromatic heterocycles. The Kier molecular flexibility index (Phi) is 5.35. The molecule has 0 bridgehead atoms. The Morgan fingerprint density at radius 1 is 1.06 bits per heavy atom. The highest BCUT2D eigenvalue weighted by Gasteiger charge is 2.49. The summed E-state index contributed by atoms with van der Waals surface area (Å²) in [6, 6.07) is 14.3. The molecule has 0 saturated carbocycles. The minimum absolute atomic E-state index is 0.106. The highest BCUT2D eigenvalue weighted by Crippen LogP contribution is 2.32. The van der Waals surface area contributed by atoms with Crippen LogP contribution in [0.25, 0.3) is 5.69 Å². The van der Waals surface area contributed by atoms with Crippen LogP contribution in [0.1, 0.15) is 35.7 Å². The molecule has 2 aromatic carbocycles. The average molecular weight is 474 g/mol. The van der Waals surface area contributed by atoms with Crippen LogP contribution in [0.3, 0.4) is 0 Å². The van der Waals surface area contributed by atoms with Crippen molar-refractivity contribution in [1.82, 2.24) is 19.6 Å². The molecule has 3 aromatic rings. The number of aromatic nitrogens is 2. The maximum Gasteiger partial charge on any atom is 0.325 e. The number of hydrogen-bond acceptors (Lipinski definition) is 4. The van der Waals surface area contributed by atoms with Gasteiger partial charge >= 0.3 is 6.03 Å². The largest absolute Gasteiger partial charge is 0.325 e. The van der Waals surface area contributed by atoms with E-state index in [4.69, 9.17) is 0 Å². The smallest absolute Gasteiger partial charge is 0.319 e. The lowest BCUT2D eigenvalue weighted by molar-refractivity contribution is -0.133. The summed E-state index contributed by atoms with van der Waals surface area (Å²) in [5, 5.41) is 5.36. The number of benzene rings is 2. The van der Waals surface area contributed by atoms with Gasteiger partial charge in [0, 0.05) is 7.05 Å². The third-order valence-electron chi connectivity index (χ3n) is 7.07. The minimum Gasteiger partial charge on any atom is -0.319 e. The number of fused-ring (bicyclic) bond motifs is 1. The Hall–Kier alpha value is -4.14. The Morgan fingerprint density at radius 3 is 2.51 bits per heavy atom. The molecule has 1 atom stereocenters. The van der Waals surface area contributed by atoms with Crippen molar-refractivity contribution >= 4 is 23.5 Å². The van der Waals surface area contributed by atoms with Crippen LogP contribution in [0.15, 0.2) is 53.3 Å². The number of rotatable bonds is 5. The van der Waals surface area contributed by atoms with Crippen LogP contribution in [-0.2, 0) is 35.0 Å². The van der Waals surface area contributed by atoms with Gasteiger partial charge in [-0.1, -0.05) is 36.4 Å². The second-order valence-corrected chi connectivity index (χ2v) is 9.27. The van der Waals surface area contributed by atoms with Crippen molar-refractivity contribution in [3.8, 4) is 5.69 Å². The molecule has 1 saturated heterocycles. The normalized spacial score (nSPS) is 19.1. The van der Waals surface area contributed by atoms with Crippen molar-refractivity contribution in [2.45, 2.75) is 38.6 Å². The number of urea groups is 1. The number of nitrogens with one attached hydrogen (secondary N) is 2. The predicted molar refractivity (Wildman–Crippen MR) is 130 cm³/mol. The molecular formula is C26H27N5O4. The molecule has 4 amide bonds. The molecule has 1 fully saturated rings. The molecule has 0 unspecified atom stereocenters. The second-order valence-electron chi connectivity index (χ2n) is 9.27. The Bertz CT molecular complexity index is 1420. The fourth-order valence-electron chi connectivity index (χ4n) is 4.95. The van der Waals surface area contributed by atoms with Crippen LogP contribution in [0.2, 0.25) is 0 Å². The third-order valence-corrected chi connectivity index (χ3v) is 7.07. The molecule has 2 N–H and O–H groups in total. The Balaban J connectivity index is 1.36. The monoisotopic (exact) mass is 473 g/mol. The summed E-state index contributed by atoms with van der Waals surface area (Å²) in [4.78, 5) is 52.9. The zero-order chi connectivity index (χ0) is 24.9.